The van der Waals surface area contributed by atoms with Crippen LogP contribution >= 0.6 is 11.3 Å². The van der Waals surface area contributed by atoms with Crippen molar-refractivity contribution in [2.75, 3.05) is 23.3 Å². The molecule has 8 nitrogen and oxygen atoms in total. The van der Waals surface area contributed by atoms with E-state index >= 15 is 0 Å². The van der Waals surface area contributed by atoms with Crippen molar-refractivity contribution in [3.8, 4) is 11.5 Å². The van der Waals surface area contributed by atoms with Gasteiger partial charge in [0.05, 0.1) is 15.1 Å². The Hall–Kier alpha value is -3.63. The molecule has 3 aromatic carbocycles. The van der Waals surface area contributed by atoms with Crippen LogP contribution in [0, 0.1) is 0 Å². The Kier molecular flexibility index (Phi) is 5.16. The Bertz CT molecular complexity index is 1380. The molecule has 0 unspecified atom stereocenters. The summed E-state index contributed by atoms with van der Waals surface area (Å²) in [5.41, 5.74) is 1.27. The van der Waals surface area contributed by atoms with Gasteiger partial charge in [0.25, 0.3) is 15.9 Å². The molecular formula is C22H17N3O5S2. The second-order valence-corrected chi connectivity index (χ2v) is 9.65. The first kappa shape index (κ1) is 20.3. The van der Waals surface area contributed by atoms with Crippen LogP contribution in [0.5, 0.6) is 11.5 Å². The molecule has 0 radical (unpaired) electrons. The quantitative estimate of drug-likeness (QED) is 0.457. The number of aromatic nitrogens is 1. The summed E-state index contributed by atoms with van der Waals surface area (Å²) in [7, 11) is -3.76. The molecule has 5 rings (SSSR count). The van der Waals surface area contributed by atoms with Gasteiger partial charge in [0.15, 0.2) is 16.6 Å². The van der Waals surface area contributed by atoms with Crippen molar-refractivity contribution in [2.45, 2.75) is 4.90 Å². The summed E-state index contributed by atoms with van der Waals surface area (Å²) in [5, 5.41) is 3.19. The first-order chi connectivity index (χ1) is 15.5. The molecule has 1 aliphatic rings. The minimum Gasteiger partial charge on any atom is -0.486 e. The first-order valence-electron chi connectivity index (χ1n) is 9.67. The molecule has 0 saturated carbocycles. The van der Waals surface area contributed by atoms with Crippen molar-refractivity contribution >= 4 is 48.3 Å². The molecule has 1 amide bonds. The van der Waals surface area contributed by atoms with Gasteiger partial charge in [-0.1, -0.05) is 35.6 Å². The van der Waals surface area contributed by atoms with Gasteiger partial charge in [-0.25, -0.2) is 13.4 Å². The van der Waals surface area contributed by atoms with Crippen molar-refractivity contribution in [3.05, 3.63) is 72.3 Å². The second-order valence-electron chi connectivity index (χ2n) is 6.94. The van der Waals surface area contributed by atoms with Crippen molar-refractivity contribution in [2.24, 2.45) is 0 Å². The van der Waals surface area contributed by atoms with E-state index in [1.54, 1.807) is 42.5 Å². The maximum atomic E-state index is 12.8. The standard InChI is InChI=1S/C22H17N3O5S2/c26-21(24-22-23-17-12-18-19(13-20(17)31-22)30-10-9-29-18)14-5-4-6-15(11-14)25-32(27,28)16-7-2-1-3-8-16/h1-8,11-13,25H,9-10H2,(H,23,24,26). The van der Waals surface area contributed by atoms with Gasteiger partial charge in [0, 0.05) is 23.4 Å². The topological polar surface area (TPSA) is 107 Å². The molecule has 1 aliphatic heterocycles. The molecule has 2 N–H and O–H groups in total. The minimum atomic E-state index is -3.76. The number of thiazole rings is 1. The minimum absolute atomic E-state index is 0.139. The zero-order chi connectivity index (χ0) is 22.1. The molecule has 0 bridgehead atoms. The lowest BCUT2D eigenvalue weighted by molar-refractivity contribution is 0.102. The maximum Gasteiger partial charge on any atom is 0.261 e. The number of hydrogen-bond acceptors (Lipinski definition) is 7. The van der Waals surface area contributed by atoms with Crippen molar-refractivity contribution < 1.29 is 22.7 Å². The van der Waals surface area contributed by atoms with Crippen molar-refractivity contribution in [1.82, 2.24) is 4.98 Å². The third kappa shape index (κ3) is 4.10. The van der Waals surface area contributed by atoms with Gasteiger partial charge in [0.2, 0.25) is 0 Å². The van der Waals surface area contributed by atoms with Crippen LogP contribution < -0.4 is 19.5 Å². The number of sulfonamides is 1. The number of nitrogens with one attached hydrogen (secondary N) is 2. The molecule has 0 aliphatic carbocycles. The number of fused-ring (bicyclic) bond motifs is 2. The van der Waals surface area contributed by atoms with Gasteiger partial charge in [0.1, 0.15) is 13.2 Å². The van der Waals surface area contributed by atoms with E-state index in [2.05, 4.69) is 15.0 Å². The highest BCUT2D eigenvalue weighted by Crippen LogP contribution is 2.38. The third-order valence-electron chi connectivity index (χ3n) is 4.70. The van der Waals surface area contributed by atoms with Crippen molar-refractivity contribution in [3.63, 3.8) is 0 Å². The molecule has 162 valence electrons. The number of carbonyl (C=O) groups excluding carboxylic acids is 1. The number of ether oxygens (including phenoxy) is 2. The SMILES string of the molecule is O=C(Nc1nc2cc3c(cc2s1)OCCO3)c1cccc(NS(=O)(=O)c2ccccc2)c1. The Morgan fingerprint density at radius 1 is 0.938 bits per heavy atom. The number of benzene rings is 3. The molecule has 1 aromatic heterocycles. The highest BCUT2D eigenvalue weighted by Gasteiger charge is 2.18. The summed E-state index contributed by atoms with van der Waals surface area (Å²) in [6, 6.07) is 17.9. The Balaban J connectivity index is 1.35. The normalized spacial score (nSPS) is 13.0. The largest absolute Gasteiger partial charge is 0.486 e. The van der Waals surface area contributed by atoms with Crippen LogP contribution in [0.3, 0.4) is 0 Å². The van der Waals surface area contributed by atoms with Gasteiger partial charge in [-0.3, -0.25) is 14.8 Å². The zero-order valence-corrected chi connectivity index (χ0v) is 18.2. The monoisotopic (exact) mass is 467 g/mol. The molecule has 10 heteroatoms. The number of nitrogens with zero attached hydrogens (tertiary/aromatic N) is 1. The molecule has 32 heavy (non-hydrogen) atoms. The first-order valence-corrected chi connectivity index (χ1v) is 12.0. The van der Waals surface area contributed by atoms with E-state index in [9.17, 15) is 13.2 Å². The van der Waals surface area contributed by atoms with Gasteiger partial charge >= 0.3 is 0 Å². The number of rotatable bonds is 5. The Morgan fingerprint density at radius 2 is 1.69 bits per heavy atom. The summed E-state index contributed by atoms with van der Waals surface area (Å²) >= 11 is 1.31. The number of hydrogen-bond donors (Lipinski definition) is 2. The second kappa shape index (κ2) is 8.13. The zero-order valence-electron chi connectivity index (χ0n) is 16.6. The fourth-order valence-corrected chi connectivity index (χ4v) is 5.17. The smallest absolute Gasteiger partial charge is 0.261 e. The summed E-state index contributed by atoms with van der Waals surface area (Å²) in [5.74, 6) is 0.885. The average molecular weight is 468 g/mol. The van der Waals surface area contributed by atoms with E-state index < -0.39 is 15.9 Å². The molecule has 2 heterocycles. The lowest BCUT2D eigenvalue weighted by atomic mass is 10.2. The summed E-state index contributed by atoms with van der Waals surface area (Å²) in [6.45, 7) is 0.974. The highest BCUT2D eigenvalue weighted by molar-refractivity contribution is 7.92. The van der Waals surface area contributed by atoms with E-state index in [4.69, 9.17) is 9.47 Å². The van der Waals surface area contributed by atoms with Crippen LogP contribution in [0.15, 0.2) is 71.6 Å². The molecular weight excluding hydrogens is 450 g/mol. The predicted octanol–water partition coefficient (Wildman–Crippen LogP) is 4.12. The van der Waals surface area contributed by atoms with E-state index in [1.807, 2.05) is 6.07 Å². The van der Waals surface area contributed by atoms with Crippen LogP contribution in [-0.4, -0.2) is 32.5 Å². The van der Waals surface area contributed by atoms with Crippen LogP contribution in [0.25, 0.3) is 10.2 Å². The molecule has 4 aromatic rings. The van der Waals surface area contributed by atoms with Crippen LogP contribution in [-0.2, 0) is 10.0 Å². The Morgan fingerprint density at radius 3 is 2.47 bits per heavy atom. The lowest BCUT2D eigenvalue weighted by Crippen LogP contribution is -2.15. The highest BCUT2D eigenvalue weighted by atomic mass is 32.2. The fourth-order valence-electron chi connectivity index (χ4n) is 3.23. The number of amides is 1. The maximum absolute atomic E-state index is 12.8. The predicted molar refractivity (Wildman–Crippen MR) is 122 cm³/mol. The lowest BCUT2D eigenvalue weighted by Gasteiger charge is -2.17. The summed E-state index contributed by atoms with van der Waals surface area (Å²) in [4.78, 5) is 17.4. The van der Waals surface area contributed by atoms with Gasteiger partial charge < -0.3 is 9.47 Å². The molecule has 0 spiro atoms. The van der Waals surface area contributed by atoms with E-state index in [-0.39, 0.29) is 10.6 Å². The Labute approximate surface area is 187 Å². The molecule has 0 saturated heterocycles. The fraction of sp³-hybridized carbons (Fsp3) is 0.0909. The summed E-state index contributed by atoms with van der Waals surface area (Å²) < 4.78 is 39.6. The van der Waals surface area contributed by atoms with E-state index in [0.717, 1.165) is 4.70 Å². The van der Waals surface area contributed by atoms with E-state index in [1.165, 1.54) is 29.5 Å². The van der Waals surface area contributed by atoms with Gasteiger partial charge in [-0.2, -0.15) is 0 Å². The van der Waals surface area contributed by atoms with Crippen molar-refractivity contribution in [1.29, 1.82) is 0 Å². The average Bonchev–Trinajstić information content (AvgIpc) is 3.18. The van der Waals surface area contributed by atoms with Gasteiger partial charge in [-0.05, 0) is 30.3 Å². The van der Waals surface area contributed by atoms with Crippen LogP contribution in [0.1, 0.15) is 10.4 Å². The van der Waals surface area contributed by atoms with Crippen LogP contribution in [0.4, 0.5) is 10.8 Å². The molecule has 0 fully saturated rings. The molecule has 0 atom stereocenters. The van der Waals surface area contributed by atoms with E-state index in [0.29, 0.717) is 40.9 Å². The number of anilines is 2. The summed E-state index contributed by atoms with van der Waals surface area (Å²) in [6.07, 6.45) is 0. The third-order valence-corrected chi connectivity index (χ3v) is 7.03. The number of carbonyl (C=O) groups is 1. The van der Waals surface area contributed by atoms with Crippen LogP contribution in [0.2, 0.25) is 0 Å². The van der Waals surface area contributed by atoms with Gasteiger partial charge in [-0.15, -0.1) is 0 Å².